The van der Waals surface area contributed by atoms with Gasteiger partial charge in [-0.05, 0) is 35.9 Å². The summed E-state index contributed by atoms with van der Waals surface area (Å²) in [5.41, 5.74) is 8.04. The fraction of sp³-hybridized carbons (Fsp3) is 0.130. The molecule has 2 aromatic heterocycles. The third kappa shape index (κ3) is 4.65. The molecule has 6 nitrogen and oxygen atoms in total. The number of ether oxygens (including phenoxy) is 3. The third-order valence-corrected chi connectivity index (χ3v) is 5.67. The van der Waals surface area contributed by atoms with Gasteiger partial charge in [-0.2, -0.15) is 0 Å². The van der Waals surface area contributed by atoms with Gasteiger partial charge in [0, 0.05) is 36.0 Å². The first kappa shape index (κ1) is 20.8. The Labute approximate surface area is 182 Å². The van der Waals surface area contributed by atoms with E-state index in [4.69, 9.17) is 19.9 Å². The van der Waals surface area contributed by atoms with Crippen molar-refractivity contribution in [3.63, 3.8) is 0 Å². The normalized spacial score (nSPS) is 10.9. The Bertz CT molecular complexity index is 1220. The van der Waals surface area contributed by atoms with Gasteiger partial charge >= 0.3 is 5.97 Å². The Morgan fingerprint density at radius 1 is 1.06 bits per heavy atom. The molecule has 2 N–H and O–H groups in total. The summed E-state index contributed by atoms with van der Waals surface area (Å²) in [4.78, 5) is 17.4. The second-order valence-electron chi connectivity index (χ2n) is 6.63. The highest BCUT2D eigenvalue weighted by molar-refractivity contribution is 7.22. The zero-order chi connectivity index (χ0) is 21.8. The molecule has 0 spiro atoms. The van der Waals surface area contributed by atoms with Crippen molar-refractivity contribution in [3.8, 4) is 21.9 Å². The quantitative estimate of drug-likeness (QED) is 0.240. The van der Waals surface area contributed by atoms with Gasteiger partial charge in [0.25, 0.3) is 0 Å². The standard InChI is InChI=1S/C23H19FN2O4S/c1-28-10-11-29-23(27)15-4-2-14(3-5-15)21-13-18-22(31-21)20(8-9-26-18)30-19-7-6-16(25)12-17(19)24/h2-9,12-13H,10-11,25H2,1H3. The van der Waals surface area contributed by atoms with Crippen LogP contribution in [0.2, 0.25) is 0 Å². The second-order valence-corrected chi connectivity index (χ2v) is 7.68. The lowest BCUT2D eigenvalue weighted by molar-refractivity contribution is 0.0388. The van der Waals surface area contributed by atoms with Gasteiger partial charge in [-0.1, -0.05) is 12.1 Å². The molecule has 2 heterocycles. The van der Waals surface area contributed by atoms with Gasteiger partial charge in [-0.25, -0.2) is 9.18 Å². The molecule has 2 aromatic carbocycles. The lowest BCUT2D eigenvalue weighted by atomic mass is 10.1. The van der Waals surface area contributed by atoms with Gasteiger partial charge in [0.2, 0.25) is 0 Å². The van der Waals surface area contributed by atoms with Crippen LogP contribution in [0.4, 0.5) is 10.1 Å². The molecule has 0 bridgehead atoms. The molecule has 0 saturated carbocycles. The van der Waals surface area contributed by atoms with Crippen molar-refractivity contribution in [1.82, 2.24) is 4.98 Å². The van der Waals surface area contributed by atoms with Crippen molar-refractivity contribution >= 4 is 33.2 Å². The number of halogens is 1. The highest BCUT2D eigenvalue weighted by atomic mass is 32.1. The highest BCUT2D eigenvalue weighted by Crippen LogP contribution is 2.39. The molecular formula is C23H19FN2O4S. The predicted molar refractivity (Wildman–Crippen MR) is 118 cm³/mol. The molecular weight excluding hydrogens is 419 g/mol. The highest BCUT2D eigenvalue weighted by Gasteiger charge is 2.14. The number of anilines is 1. The van der Waals surface area contributed by atoms with E-state index in [-0.39, 0.29) is 12.4 Å². The van der Waals surface area contributed by atoms with Crippen LogP contribution >= 0.6 is 11.3 Å². The van der Waals surface area contributed by atoms with Crippen molar-refractivity contribution in [3.05, 3.63) is 72.2 Å². The zero-order valence-corrected chi connectivity index (χ0v) is 17.4. The molecule has 0 saturated heterocycles. The number of carbonyl (C=O) groups is 1. The van der Waals surface area contributed by atoms with Gasteiger partial charge < -0.3 is 19.9 Å². The van der Waals surface area contributed by atoms with Crippen LogP contribution in [-0.4, -0.2) is 31.3 Å². The van der Waals surface area contributed by atoms with Crippen LogP contribution in [0.3, 0.4) is 0 Å². The van der Waals surface area contributed by atoms with E-state index in [1.54, 1.807) is 37.6 Å². The smallest absolute Gasteiger partial charge is 0.338 e. The molecule has 0 unspecified atom stereocenters. The van der Waals surface area contributed by atoms with E-state index < -0.39 is 11.8 Å². The lowest BCUT2D eigenvalue weighted by Gasteiger charge is -2.07. The summed E-state index contributed by atoms with van der Waals surface area (Å²) < 4.78 is 30.7. The van der Waals surface area contributed by atoms with Crippen LogP contribution in [-0.2, 0) is 9.47 Å². The number of nitrogens with two attached hydrogens (primary N) is 1. The summed E-state index contributed by atoms with van der Waals surface area (Å²) in [5, 5.41) is 0. The molecule has 0 amide bonds. The number of benzene rings is 2. The topological polar surface area (TPSA) is 83.7 Å². The SMILES string of the molecule is COCCOC(=O)c1ccc(-c2cc3nccc(Oc4ccc(N)cc4F)c3s2)cc1. The van der Waals surface area contributed by atoms with Crippen molar-refractivity contribution in [1.29, 1.82) is 0 Å². The van der Waals surface area contributed by atoms with Gasteiger partial charge in [0.05, 0.1) is 22.4 Å². The number of pyridine rings is 1. The van der Waals surface area contributed by atoms with Crippen molar-refractivity contribution in [2.45, 2.75) is 0 Å². The van der Waals surface area contributed by atoms with E-state index in [1.165, 1.54) is 23.5 Å². The van der Waals surface area contributed by atoms with Crippen molar-refractivity contribution < 1.29 is 23.4 Å². The Hall–Kier alpha value is -3.49. The molecule has 4 aromatic rings. The number of nitrogen functional groups attached to an aromatic ring is 1. The number of aromatic nitrogens is 1. The van der Waals surface area contributed by atoms with Crippen LogP contribution in [0.5, 0.6) is 11.5 Å². The summed E-state index contributed by atoms with van der Waals surface area (Å²) >= 11 is 1.47. The maximum absolute atomic E-state index is 14.1. The molecule has 0 fully saturated rings. The van der Waals surface area contributed by atoms with E-state index in [0.29, 0.717) is 23.6 Å². The minimum absolute atomic E-state index is 0.0907. The van der Waals surface area contributed by atoms with E-state index in [2.05, 4.69) is 4.98 Å². The fourth-order valence-electron chi connectivity index (χ4n) is 2.93. The van der Waals surface area contributed by atoms with Crippen LogP contribution < -0.4 is 10.5 Å². The maximum atomic E-state index is 14.1. The summed E-state index contributed by atoms with van der Waals surface area (Å²) in [5.74, 6) is -0.339. The number of rotatable bonds is 7. The average molecular weight is 438 g/mol. The zero-order valence-electron chi connectivity index (χ0n) is 16.6. The summed E-state index contributed by atoms with van der Waals surface area (Å²) in [6.07, 6.45) is 1.61. The third-order valence-electron chi connectivity index (χ3n) is 4.48. The van der Waals surface area contributed by atoms with Gasteiger partial charge in [-0.3, -0.25) is 4.98 Å². The Morgan fingerprint density at radius 3 is 2.61 bits per heavy atom. The average Bonchev–Trinajstić information content (AvgIpc) is 3.21. The molecule has 0 aliphatic heterocycles. The molecule has 158 valence electrons. The number of fused-ring (bicyclic) bond motifs is 1. The number of hydrogen-bond donors (Lipinski definition) is 1. The van der Waals surface area contributed by atoms with Crippen LogP contribution in [0, 0.1) is 5.82 Å². The van der Waals surface area contributed by atoms with E-state index in [0.717, 1.165) is 20.7 Å². The molecule has 0 aliphatic rings. The number of hydrogen-bond acceptors (Lipinski definition) is 7. The molecule has 0 aliphatic carbocycles. The Morgan fingerprint density at radius 2 is 1.87 bits per heavy atom. The predicted octanol–water partition coefficient (Wildman–Crippen LogP) is 5.28. The minimum atomic E-state index is -0.533. The van der Waals surface area contributed by atoms with Gasteiger partial charge in [0.15, 0.2) is 11.6 Å². The number of methoxy groups -OCH3 is 1. The summed E-state index contributed by atoms with van der Waals surface area (Å²) in [6.45, 7) is 0.555. The van der Waals surface area contributed by atoms with Gasteiger partial charge in [-0.15, -0.1) is 11.3 Å². The number of nitrogens with zero attached hydrogens (tertiary/aromatic N) is 1. The minimum Gasteiger partial charge on any atom is -0.460 e. The first-order valence-electron chi connectivity index (χ1n) is 9.43. The number of esters is 1. The van der Waals surface area contributed by atoms with E-state index in [9.17, 15) is 9.18 Å². The lowest BCUT2D eigenvalue weighted by Crippen LogP contribution is -2.09. The molecule has 0 atom stereocenters. The fourth-order valence-corrected chi connectivity index (χ4v) is 4.00. The first-order valence-corrected chi connectivity index (χ1v) is 10.2. The van der Waals surface area contributed by atoms with Gasteiger partial charge in [0.1, 0.15) is 12.4 Å². The summed E-state index contributed by atoms with van der Waals surface area (Å²) in [7, 11) is 1.55. The summed E-state index contributed by atoms with van der Waals surface area (Å²) in [6, 6.07) is 15.0. The number of thiophene rings is 1. The van der Waals surface area contributed by atoms with E-state index in [1.807, 2.05) is 18.2 Å². The second kappa shape index (κ2) is 9.11. The number of carbonyl (C=O) groups excluding carboxylic acids is 1. The van der Waals surface area contributed by atoms with Crippen LogP contribution in [0.1, 0.15) is 10.4 Å². The Balaban J connectivity index is 1.58. The monoisotopic (exact) mass is 438 g/mol. The van der Waals surface area contributed by atoms with Crippen molar-refractivity contribution in [2.75, 3.05) is 26.1 Å². The molecule has 0 radical (unpaired) electrons. The Kier molecular flexibility index (Phi) is 6.11. The largest absolute Gasteiger partial charge is 0.460 e. The van der Waals surface area contributed by atoms with E-state index >= 15 is 0 Å². The van der Waals surface area contributed by atoms with Crippen LogP contribution in [0.15, 0.2) is 60.8 Å². The molecule has 31 heavy (non-hydrogen) atoms. The maximum Gasteiger partial charge on any atom is 0.338 e. The first-order chi connectivity index (χ1) is 15.0. The van der Waals surface area contributed by atoms with Crippen molar-refractivity contribution in [2.24, 2.45) is 0 Å². The molecule has 8 heteroatoms. The molecule has 4 rings (SSSR count). The van der Waals surface area contributed by atoms with Crippen LogP contribution in [0.25, 0.3) is 20.7 Å².